The second kappa shape index (κ2) is 7.48. The first-order chi connectivity index (χ1) is 11.9. The predicted octanol–water partition coefficient (Wildman–Crippen LogP) is 4.08. The minimum atomic E-state index is -3.22. The Morgan fingerprint density at radius 3 is 2.40 bits per heavy atom. The molecule has 136 valence electrons. The molecule has 5 nitrogen and oxygen atoms in total. The van der Waals surface area contributed by atoms with Gasteiger partial charge in [0.15, 0.2) is 0 Å². The number of nitrogens with one attached hydrogen (secondary N) is 2. The zero-order valence-corrected chi connectivity index (χ0v) is 16.1. The maximum absolute atomic E-state index is 12.0. The molecule has 0 amide bonds. The Balaban J connectivity index is 1.67. The summed E-state index contributed by atoms with van der Waals surface area (Å²) in [7, 11) is -3.22. The Morgan fingerprint density at radius 2 is 1.80 bits per heavy atom. The lowest BCUT2D eigenvalue weighted by molar-refractivity contribution is 0.369. The molecule has 2 aromatic rings. The first-order valence-electron chi connectivity index (χ1n) is 8.69. The molecule has 1 aromatic heterocycles. The zero-order valence-electron chi connectivity index (χ0n) is 14.5. The number of aromatic amines is 1. The van der Waals surface area contributed by atoms with Crippen LogP contribution < -0.4 is 4.72 Å². The van der Waals surface area contributed by atoms with E-state index >= 15 is 0 Å². The average Bonchev–Trinajstić information content (AvgIpc) is 2.97. The fraction of sp³-hybridized carbons (Fsp3) is 0.500. The highest BCUT2D eigenvalue weighted by Crippen LogP contribution is 2.39. The highest BCUT2D eigenvalue weighted by atomic mass is 35.5. The number of benzene rings is 1. The quantitative estimate of drug-likeness (QED) is 0.819. The van der Waals surface area contributed by atoms with Crippen molar-refractivity contribution in [2.45, 2.75) is 56.7 Å². The Morgan fingerprint density at radius 1 is 1.16 bits per heavy atom. The molecule has 0 aliphatic heterocycles. The summed E-state index contributed by atoms with van der Waals surface area (Å²) in [4.78, 5) is 0. The minimum Gasteiger partial charge on any atom is -0.280 e. The number of H-pyrrole nitrogens is 1. The molecule has 0 unspecified atom stereocenters. The molecule has 0 spiro atoms. The van der Waals surface area contributed by atoms with Crippen LogP contribution in [-0.2, 0) is 10.0 Å². The molecule has 0 bridgehead atoms. The Labute approximate surface area is 154 Å². The largest absolute Gasteiger partial charge is 0.280 e. The van der Waals surface area contributed by atoms with Crippen LogP contribution in [0.1, 0.15) is 51.1 Å². The Bertz CT molecular complexity index is 810. The van der Waals surface area contributed by atoms with Crippen molar-refractivity contribution >= 4 is 21.6 Å². The van der Waals surface area contributed by atoms with Gasteiger partial charge in [0.25, 0.3) is 0 Å². The van der Waals surface area contributed by atoms with Gasteiger partial charge in [0.05, 0.1) is 16.0 Å². The highest BCUT2D eigenvalue weighted by Gasteiger charge is 2.29. The number of rotatable bonds is 5. The average molecular weight is 382 g/mol. The third kappa shape index (κ3) is 4.07. The summed E-state index contributed by atoms with van der Waals surface area (Å²) in [5.41, 5.74) is 2.74. The Kier molecular flexibility index (Phi) is 5.51. The number of halogens is 1. The van der Waals surface area contributed by atoms with Gasteiger partial charge < -0.3 is 0 Å². The number of aromatic nitrogens is 2. The molecular formula is C18H24ClN3O2S. The SMILES string of the molecule is CC(C)S(=O)(=O)N[C@H]1CC[C@H](c2[nH]nc(-c3ccccc3)c2Cl)CC1. The second-order valence-electron chi connectivity index (χ2n) is 6.93. The van der Waals surface area contributed by atoms with Crippen molar-refractivity contribution in [1.82, 2.24) is 14.9 Å². The molecule has 2 N–H and O–H groups in total. The molecule has 1 aliphatic rings. The van der Waals surface area contributed by atoms with Crippen molar-refractivity contribution in [2.75, 3.05) is 0 Å². The normalized spacial score (nSPS) is 21.6. The summed E-state index contributed by atoms with van der Waals surface area (Å²) < 4.78 is 26.9. The molecule has 0 radical (unpaired) electrons. The van der Waals surface area contributed by atoms with Crippen LogP contribution in [0.15, 0.2) is 30.3 Å². The van der Waals surface area contributed by atoms with Gasteiger partial charge in [-0.15, -0.1) is 0 Å². The fourth-order valence-corrected chi connectivity index (χ4v) is 4.59. The van der Waals surface area contributed by atoms with E-state index in [1.165, 1.54) is 0 Å². The molecule has 25 heavy (non-hydrogen) atoms. The highest BCUT2D eigenvalue weighted by molar-refractivity contribution is 7.90. The molecule has 1 aromatic carbocycles. The topological polar surface area (TPSA) is 74.8 Å². The van der Waals surface area contributed by atoms with E-state index in [0.29, 0.717) is 5.02 Å². The van der Waals surface area contributed by atoms with Crippen LogP contribution in [0, 0.1) is 0 Å². The molecule has 0 atom stereocenters. The second-order valence-corrected chi connectivity index (χ2v) is 9.57. The lowest BCUT2D eigenvalue weighted by Gasteiger charge is -2.29. The number of hydrogen-bond acceptors (Lipinski definition) is 3. The monoisotopic (exact) mass is 381 g/mol. The smallest absolute Gasteiger partial charge is 0.214 e. The van der Waals surface area contributed by atoms with Crippen molar-refractivity contribution in [1.29, 1.82) is 0 Å². The first-order valence-corrected chi connectivity index (χ1v) is 10.6. The van der Waals surface area contributed by atoms with Crippen LogP contribution in [0.5, 0.6) is 0 Å². The molecule has 7 heteroatoms. The van der Waals surface area contributed by atoms with Gasteiger partial charge in [-0.2, -0.15) is 5.10 Å². The van der Waals surface area contributed by atoms with Gasteiger partial charge in [-0.3, -0.25) is 5.10 Å². The van der Waals surface area contributed by atoms with E-state index in [-0.39, 0.29) is 12.0 Å². The van der Waals surface area contributed by atoms with E-state index in [4.69, 9.17) is 11.6 Å². The van der Waals surface area contributed by atoms with Gasteiger partial charge in [0.1, 0.15) is 5.69 Å². The summed E-state index contributed by atoms with van der Waals surface area (Å²) in [5, 5.41) is 7.77. The van der Waals surface area contributed by atoms with Gasteiger partial charge in [-0.05, 0) is 39.5 Å². The van der Waals surface area contributed by atoms with E-state index < -0.39 is 15.3 Å². The van der Waals surface area contributed by atoms with Gasteiger partial charge in [0, 0.05) is 17.5 Å². The standard InChI is InChI=1S/C18H24ClN3O2S/c1-12(2)25(23,24)22-15-10-8-14(9-11-15)18-16(19)17(20-21-18)13-6-4-3-5-7-13/h3-7,12,14-15,22H,8-11H2,1-2H3,(H,20,21)/t14-,15-. The molecular weight excluding hydrogens is 358 g/mol. The first kappa shape index (κ1) is 18.4. The lowest BCUT2D eigenvalue weighted by atomic mass is 9.84. The van der Waals surface area contributed by atoms with Gasteiger partial charge in [-0.25, -0.2) is 13.1 Å². The van der Waals surface area contributed by atoms with Crippen molar-refractivity contribution in [2.24, 2.45) is 0 Å². The summed E-state index contributed by atoms with van der Waals surface area (Å²) in [6.07, 6.45) is 3.40. The summed E-state index contributed by atoms with van der Waals surface area (Å²) in [6, 6.07) is 9.88. The third-order valence-corrected chi connectivity index (χ3v) is 7.15. The van der Waals surface area contributed by atoms with Crippen molar-refractivity contribution in [3.8, 4) is 11.3 Å². The van der Waals surface area contributed by atoms with E-state index in [1.54, 1.807) is 13.8 Å². The van der Waals surface area contributed by atoms with Crippen LogP contribution in [0.2, 0.25) is 5.02 Å². The van der Waals surface area contributed by atoms with Crippen LogP contribution in [0.4, 0.5) is 0 Å². The number of hydrogen-bond donors (Lipinski definition) is 2. The molecule has 1 saturated carbocycles. The minimum absolute atomic E-state index is 0.0129. The van der Waals surface area contributed by atoms with E-state index in [1.807, 2.05) is 30.3 Å². The summed E-state index contributed by atoms with van der Waals surface area (Å²) in [6.45, 7) is 3.40. The van der Waals surface area contributed by atoms with Crippen LogP contribution in [-0.4, -0.2) is 29.9 Å². The maximum Gasteiger partial charge on any atom is 0.214 e. The van der Waals surface area contributed by atoms with Crippen molar-refractivity contribution in [3.05, 3.63) is 41.0 Å². The molecule has 0 saturated heterocycles. The molecule has 1 aliphatic carbocycles. The van der Waals surface area contributed by atoms with Gasteiger partial charge in [-0.1, -0.05) is 41.9 Å². The van der Waals surface area contributed by atoms with Crippen molar-refractivity contribution < 1.29 is 8.42 Å². The van der Waals surface area contributed by atoms with Crippen LogP contribution >= 0.6 is 11.6 Å². The van der Waals surface area contributed by atoms with E-state index in [9.17, 15) is 8.42 Å². The summed E-state index contributed by atoms with van der Waals surface area (Å²) in [5.74, 6) is 0.289. The van der Waals surface area contributed by atoms with Gasteiger partial charge >= 0.3 is 0 Å². The van der Waals surface area contributed by atoms with Crippen LogP contribution in [0.3, 0.4) is 0 Å². The zero-order chi connectivity index (χ0) is 18.0. The maximum atomic E-state index is 12.0. The molecule has 3 rings (SSSR count). The van der Waals surface area contributed by atoms with Crippen LogP contribution in [0.25, 0.3) is 11.3 Å². The van der Waals surface area contributed by atoms with E-state index in [0.717, 1.165) is 42.6 Å². The van der Waals surface area contributed by atoms with Gasteiger partial charge in [0.2, 0.25) is 10.0 Å². The predicted molar refractivity (Wildman–Crippen MR) is 101 cm³/mol. The molecule has 1 fully saturated rings. The fourth-order valence-electron chi connectivity index (χ4n) is 3.27. The van der Waals surface area contributed by atoms with E-state index in [2.05, 4.69) is 14.9 Å². The third-order valence-electron chi connectivity index (χ3n) is 4.87. The Hall–Kier alpha value is -1.37. The summed E-state index contributed by atoms with van der Waals surface area (Å²) >= 11 is 6.57. The lowest BCUT2D eigenvalue weighted by Crippen LogP contribution is -2.40. The van der Waals surface area contributed by atoms with Crippen molar-refractivity contribution in [3.63, 3.8) is 0 Å². The number of sulfonamides is 1. The number of nitrogens with zero attached hydrogens (tertiary/aromatic N) is 1. The molecule has 1 heterocycles.